The Morgan fingerprint density at radius 1 is 1.05 bits per heavy atom. The number of benzene rings is 2. The fourth-order valence-electron chi connectivity index (χ4n) is 2.00. The molecule has 0 saturated carbocycles. The lowest BCUT2D eigenvalue weighted by Gasteiger charge is -2.18. The van der Waals surface area contributed by atoms with Crippen molar-refractivity contribution in [2.45, 2.75) is 6.04 Å². The lowest BCUT2D eigenvalue weighted by atomic mass is 9.98. The van der Waals surface area contributed by atoms with Crippen LogP contribution in [0, 0.1) is 5.82 Å². The first-order valence-corrected chi connectivity index (χ1v) is 6.78. The molecule has 0 aliphatic rings. The molecule has 2 N–H and O–H groups in total. The summed E-state index contributed by atoms with van der Waals surface area (Å²) in [6, 6.07) is 9.32. The van der Waals surface area contributed by atoms with Crippen molar-refractivity contribution in [3.8, 4) is 11.5 Å². The number of halogens is 2. The molecule has 0 aliphatic carbocycles. The standard InChI is InChI=1S/C15H15BrFNO2/c1-19-10-4-6-14(20-2)12(8-10)15(18)11-7-9(16)3-5-13(11)17/h3-8,15H,18H2,1-2H3. The Hall–Kier alpha value is -1.59. The van der Waals surface area contributed by atoms with Gasteiger partial charge in [-0.3, -0.25) is 0 Å². The summed E-state index contributed by atoms with van der Waals surface area (Å²) in [6.45, 7) is 0. The van der Waals surface area contributed by atoms with E-state index in [1.807, 2.05) is 0 Å². The van der Waals surface area contributed by atoms with Gasteiger partial charge in [0.05, 0.1) is 20.3 Å². The molecule has 2 aromatic carbocycles. The number of nitrogens with two attached hydrogens (primary N) is 1. The highest BCUT2D eigenvalue weighted by molar-refractivity contribution is 9.10. The monoisotopic (exact) mass is 339 g/mol. The van der Waals surface area contributed by atoms with Crippen LogP contribution >= 0.6 is 15.9 Å². The molecule has 0 spiro atoms. The largest absolute Gasteiger partial charge is 0.497 e. The van der Waals surface area contributed by atoms with E-state index in [4.69, 9.17) is 15.2 Å². The first-order chi connectivity index (χ1) is 9.56. The van der Waals surface area contributed by atoms with E-state index in [0.29, 0.717) is 22.6 Å². The number of hydrogen-bond donors (Lipinski definition) is 1. The molecule has 106 valence electrons. The van der Waals surface area contributed by atoms with E-state index in [-0.39, 0.29) is 5.82 Å². The molecule has 0 amide bonds. The van der Waals surface area contributed by atoms with Crippen molar-refractivity contribution < 1.29 is 13.9 Å². The van der Waals surface area contributed by atoms with Gasteiger partial charge >= 0.3 is 0 Å². The van der Waals surface area contributed by atoms with Crippen LogP contribution in [0.1, 0.15) is 17.2 Å². The Balaban J connectivity index is 2.51. The zero-order valence-corrected chi connectivity index (χ0v) is 12.8. The van der Waals surface area contributed by atoms with Gasteiger partial charge in [-0.25, -0.2) is 4.39 Å². The van der Waals surface area contributed by atoms with Gasteiger partial charge in [0.25, 0.3) is 0 Å². The molecule has 1 atom stereocenters. The summed E-state index contributed by atoms with van der Waals surface area (Å²) in [4.78, 5) is 0. The maximum Gasteiger partial charge on any atom is 0.128 e. The first-order valence-electron chi connectivity index (χ1n) is 5.99. The van der Waals surface area contributed by atoms with Crippen LogP contribution in [0.4, 0.5) is 4.39 Å². The highest BCUT2D eigenvalue weighted by atomic mass is 79.9. The molecule has 0 aliphatic heterocycles. The molecule has 20 heavy (non-hydrogen) atoms. The van der Waals surface area contributed by atoms with E-state index in [1.54, 1.807) is 44.6 Å². The Morgan fingerprint density at radius 3 is 2.45 bits per heavy atom. The first kappa shape index (κ1) is 14.8. The van der Waals surface area contributed by atoms with Crippen LogP contribution < -0.4 is 15.2 Å². The highest BCUT2D eigenvalue weighted by Gasteiger charge is 2.18. The molecule has 0 radical (unpaired) electrons. The fraction of sp³-hybridized carbons (Fsp3) is 0.200. The maximum atomic E-state index is 14.0. The van der Waals surface area contributed by atoms with Gasteiger partial charge in [-0.05, 0) is 36.4 Å². The summed E-state index contributed by atoms with van der Waals surface area (Å²) in [5, 5.41) is 0. The summed E-state index contributed by atoms with van der Waals surface area (Å²) < 4.78 is 25.2. The number of rotatable bonds is 4. The summed E-state index contributed by atoms with van der Waals surface area (Å²) in [7, 11) is 3.12. The van der Waals surface area contributed by atoms with Crippen molar-refractivity contribution in [3.05, 3.63) is 57.8 Å². The predicted molar refractivity (Wildman–Crippen MR) is 79.7 cm³/mol. The Bertz CT molecular complexity index is 619. The smallest absolute Gasteiger partial charge is 0.128 e. The summed E-state index contributed by atoms with van der Waals surface area (Å²) in [5.41, 5.74) is 7.25. The van der Waals surface area contributed by atoms with Crippen LogP contribution in [0.25, 0.3) is 0 Å². The number of methoxy groups -OCH3 is 2. The van der Waals surface area contributed by atoms with Gasteiger partial charge in [0.15, 0.2) is 0 Å². The average Bonchev–Trinajstić information content (AvgIpc) is 2.48. The topological polar surface area (TPSA) is 44.5 Å². The molecule has 1 unspecified atom stereocenters. The van der Waals surface area contributed by atoms with Crippen molar-refractivity contribution in [2.75, 3.05) is 14.2 Å². The van der Waals surface area contributed by atoms with E-state index in [1.165, 1.54) is 6.07 Å². The molecular weight excluding hydrogens is 325 g/mol. The summed E-state index contributed by atoms with van der Waals surface area (Å²) in [6.07, 6.45) is 0. The van der Waals surface area contributed by atoms with Crippen LogP contribution in [-0.4, -0.2) is 14.2 Å². The SMILES string of the molecule is COc1ccc(OC)c(C(N)c2cc(Br)ccc2F)c1. The molecule has 0 bridgehead atoms. The third-order valence-electron chi connectivity index (χ3n) is 3.07. The second kappa shape index (κ2) is 6.24. The van der Waals surface area contributed by atoms with Crippen LogP contribution in [0.3, 0.4) is 0 Å². The molecule has 5 heteroatoms. The average molecular weight is 340 g/mol. The zero-order chi connectivity index (χ0) is 14.7. The van der Waals surface area contributed by atoms with Gasteiger partial charge in [0.2, 0.25) is 0 Å². The lowest BCUT2D eigenvalue weighted by Crippen LogP contribution is -2.15. The number of hydrogen-bond acceptors (Lipinski definition) is 3. The second-order valence-electron chi connectivity index (χ2n) is 4.25. The van der Waals surface area contributed by atoms with Gasteiger partial charge in [-0.1, -0.05) is 15.9 Å². The molecule has 0 fully saturated rings. The van der Waals surface area contributed by atoms with Gasteiger partial charge < -0.3 is 15.2 Å². The number of ether oxygens (including phenoxy) is 2. The molecule has 0 aromatic heterocycles. The fourth-order valence-corrected chi connectivity index (χ4v) is 2.38. The van der Waals surface area contributed by atoms with E-state index in [0.717, 1.165) is 4.47 Å². The molecule has 0 heterocycles. The molecular formula is C15H15BrFNO2. The minimum atomic E-state index is -0.641. The van der Waals surface area contributed by atoms with Gasteiger partial charge in [0, 0.05) is 15.6 Å². The zero-order valence-electron chi connectivity index (χ0n) is 11.2. The predicted octanol–water partition coefficient (Wildman–Crippen LogP) is 3.65. The van der Waals surface area contributed by atoms with E-state index in [9.17, 15) is 4.39 Å². The van der Waals surface area contributed by atoms with E-state index in [2.05, 4.69) is 15.9 Å². The Labute approximate surface area is 125 Å². The van der Waals surface area contributed by atoms with Crippen molar-refractivity contribution in [2.24, 2.45) is 5.73 Å². The Morgan fingerprint density at radius 2 is 1.80 bits per heavy atom. The molecule has 3 nitrogen and oxygen atoms in total. The van der Waals surface area contributed by atoms with Crippen LogP contribution in [0.5, 0.6) is 11.5 Å². The normalized spacial score (nSPS) is 12.1. The third kappa shape index (κ3) is 2.94. The van der Waals surface area contributed by atoms with Gasteiger partial charge in [-0.2, -0.15) is 0 Å². The highest BCUT2D eigenvalue weighted by Crippen LogP contribution is 2.33. The minimum Gasteiger partial charge on any atom is -0.497 e. The van der Waals surface area contributed by atoms with Crippen molar-refractivity contribution in [3.63, 3.8) is 0 Å². The van der Waals surface area contributed by atoms with Crippen LogP contribution in [-0.2, 0) is 0 Å². The Kier molecular flexibility index (Phi) is 4.62. The minimum absolute atomic E-state index is 0.356. The van der Waals surface area contributed by atoms with Crippen molar-refractivity contribution >= 4 is 15.9 Å². The lowest BCUT2D eigenvalue weighted by molar-refractivity contribution is 0.396. The second-order valence-corrected chi connectivity index (χ2v) is 5.17. The van der Waals surface area contributed by atoms with Gasteiger partial charge in [-0.15, -0.1) is 0 Å². The third-order valence-corrected chi connectivity index (χ3v) is 3.56. The quantitative estimate of drug-likeness (QED) is 0.924. The van der Waals surface area contributed by atoms with Crippen LogP contribution in [0.15, 0.2) is 40.9 Å². The van der Waals surface area contributed by atoms with Crippen LogP contribution in [0.2, 0.25) is 0 Å². The maximum absolute atomic E-state index is 14.0. The van der Waals surface area contributed by atoms with Crippen molar-refractivity contribution in [1.29, 1.82) is 0 Å². The molecule has 2 rings (SSSR count). The van der Waals surface area contributed by atoms with E-state index >= 15 is 0 Å². The van der Waals surface area contributed by atoms with E-state index < -0.39 is 6.04 Å². The summed E-state index contributed by atoms with van der Waals surface area (Å²) >= 11 is 3.32. The van der Waals surface area contributed by atoms with Crippen molar-refractivity contribution in [1.82, 2.24) is 0 Å². The van der Waals surface area contributed by atoms with Gasteiger partial charge in [0.1, 0.15) is 17.3 Å². The summed E-state index contributed by atoms with van der Waals surface area (Å²) in [5.74, 6) is 0.884. The molecule has 2 aromatic rings. The molecule has 0 saturated heterocycles.